The van der Waals surface area contributed by atoms with Crippen molar-refractivity contribution in [2.45, 2.75) is 37.8 Å². The number of aromatic nitrogens is 1. The molecular weight excluding hydrogens is 500 g/mol. The molecule has 2 N–H and O–H groups in total. The van der Waals surface area contributed by atoms with E-state index >= 15 is 0 Å². The van der Waals surface area contributed by atoms with E-state index in [1.807, 2.05) is 0 Å². The van der Waals surface area contributed by atoms with Crippen molar-refractivity contribution in [1.82, 2.24) is 10.3 Å². The zero-order valence-electron chi connectivity index (χ0n) is 18.1. The van der Waals surface area contributed by atoms with Crippen LogP contribution in [0, 0.1) is 0 Å². The molecule has 0 bridgehead atoms. The number of carbonyl (C=O) groups is 2. The van der Waals surface area contributed by atoms with Crippen molar-refractivity contribution in [3.63, 3.8) is 0 Å². The quantitative estimate of drug-likeness (QED) is 0.235. The predicted molar refractivity (Wildman–Crippen MR) is 117 cm³/mol. The van der Waals surface area contributed by atoms with Crippen LogP contribution in [0.3, 0.4) is 0 Å². The number of nitrogens with one attached hydrogen (secondary N) is 2. The second kappa shape index (κ2) is 10.1. The van der Waals surface area contributed by atoms with Crippen LogP contribution in [0.25, 0.3) is 10.2 Å². The van der Waals surface area contributed by atoms with E-state index in [2.05, 4.69) is 4.98 Å². The normalized spacial score (nSPS) is 12.4. The Morgan fingerprint density at radius 3 is 2.26 bits per heavy atom. The van der Waals surface area contributed by atoms with Gasteiger partial charge in [-0.05, 0) is 37.1 Å². The first kappa shape index (κ1) is 26.3. The fourth-order valence-corrected chi connectivity index (χ4v) is 4.09. The number of esters is 1. The molecule has 0 unspecified atom stereocenters. The Morgan fingerprint density at radius 1 is 1.00 bits per heavy atom. The fourth-order valence-electron chi connectivity index (χ4n) is 3.13. The van der Waals surface area contributed by atoms with Crippen molar-refractivity contribution in [3.8, 4) is 0 Å². The average Bonchev–Trinajstić information content (AvgIpc) is 3.18. The number of thiazole rings is 1. The van der Waals surface area contributed by atoms with Crippen LogP contribution >= 0.6 is 11.3 Å². The molecule has 1 amide bonds. The zero-order valence-corrected chi connectivity index (χ0v) is 18.9. The molecule has 13 heteroatoms. The number of aryl methyl sites for hydroxylation is 1. The monoisotopic (exact) mass is 519 g/mol. The molecular formula is C22H19F6N3O3S. The van der Waals surface area contributed by atoms with Crippen LogP contribution in [-0.2, 0) is 16.0 Å². The van der Waals surface area contributed by atoms with Gasteiger partial charge in [-0.2, -0.15) is 26.3 Å². The minimum atomic E-state index is -5.97. The Kier molecular flexibility index (Phi) is 7.58. The van der Waals surface area contributed by atoms with Crippen LogP contribution in [0.4, 0.5) is 31.5 Å². The van der Waals surface area contributed by atoms with Gasteiger partial charge in [0.25, 0.3) is 0 Å². The molecule has 2 aromatic carbocycles. The number of hydrogen-bond acceptors (Lipinski definition) is 6. The minimum absolute atomic E-state index is 0.0548. The number of ether oxygens (including phenoxy) is 1. The highest BCUT2D eigenvalue weighted by Gasteiger charge is 2.73. The third-order valence-electron chi connectivity index (χ3n) is 4.85. The number of halogens is 6. The summed E-state index contributed by atoms with van der Waals surface area (Å²) in [6.07, 6.45) is -12.6. The summed E-state index contributed by atoms with van der Waals surface area (Å²) in [6, 6.07) is 11.9. The zero-order chi connectivity index (χ0) is 25.9. The predicted octanol–water partition coefficient (Wildman–Crippen LogP) is 5.45. The molecule has 0 spiro atoms. The van der Waals surface area contributed by atoms with Crippen molar-refractivity contribution in [2.75, 3.05) is 11.9 Å². The van der Waals surface area contributed by atoms with Gasteiger partial charge in [0.15, 0.2) is 5.13 Å². The van der Waals surface area contributed by atoms with Crippen LogP contribution in [0.15, 0.2) is 48.5 Å². The van der Waals surface area contributed by atoms with Gasteiger partial charge in [-0.25, -0.2) is 9.78 Å². The van der Waals surface area contributed by atoms with E-state index in [4.69, 9.17) is 4.74 Å². The molecule has 1 heterocycles. The average molecular weight is 519 g/mol. The van der Waals surface area contributed by atoms with E-state index in [1.165, 1.54) is 23.5 Å². The topological polar surface area (TPSA) is 80.3 Å². The van der Waals surface area contributed by atoms with Crippen molar-refractivity contribution in [2.24, 2.45) is 0 Å². The lowest BCUT2D eigenvalue weighted by Gasteiger charge is -2.38. The van der Waals surface area contributed by atoms with Crippen molar-refractivity contribution >= 4 is 38.6 Å². The summed E-state index contributed by atoms with van der Waals surface area (Å²) < 4.78 is 88.4. The first-order valence-electron chi connectivity index (χ1n) is 10.2. The summed E-state index contributed by atoms with van der Waals surface area (Å²) in [5.41, 5.74) is -4.10. The van der Waals surface area contributed by atoms with Gasteiger partial charge >= 0.3 is 24.0 Å². The van der Waals surface area contributed by atoms with E-state index in [1.54, 1.807) is 37.3 Å². The summed E-state index contributed by atoms with van der Waals surface area (Å²) in [4.78, 5) is 27.9. The molecule has 3 rings (SSSR count). The number of carbonyl (C=O) groups excluding carboxylic acids is 2. The van der Waals surface area contributed by atoms with Gasteiger partial charge in [0.1, 0.15) is 0 Å². The number of hydrogen-bond donors (Lipinski definition) is 2. The summed E-state index contributed by atoms with van der Waals surface area (Å²) in [6.45, 7) is 1.66. The number of nitrogens with zero attached hydrogens (tertiary/aromatic N) is 1. The smallest absolute Gasteiger partial charge is 0.439 e. The third-order valence-corrected chi connectivity index (χ3v) is 5.79. The summed E-state index contributed by atoms with van der Waals surface area (Å²) in [5, 5.41) is 1.74. The Balaban J connectivity index is 1.91. The maximum absolute atomic E-state index is 13.9. The number of rotatable bonds is 8. The summed E-state index contributed by atoms with van der Waals surface area (Å²) >= 11 is 0.462. The van der Waals surface area contributed by atoms with Crippen molar-refractivity contribution < 1.29 is 40.7 Å². The van der Waals surface area contributed by atoms with Crippen molar-refractivity contribution in [1.29, 1.82) is 0 Å². The van der Waals surface area contributed by atoms with Gasteiger partial charge in [0.2, 0.25) is 5.91 Å². The number of anilines is 1. The third kappa shape index (κ3) is 5.84. The highest BCUT2D eigenvalue weighted by atomic mass is 32.1. The molecule has 0 aliphatic rings. The largest absolute Gasteiger partial charge is 0.462 e. The lowest BCUT2D eigenvalue weighted by atomic mass is 10.1. The van der Waals surface area contributed by atoms with Crippen LogP contribution in [-0.4, -0.2) is 41.5 Å². The molecule has 0 saturated heterocycles. The molecule has 188 valence electrons. The summed E-state index contributed by atoms with van der Waals surface area (Å²) in [7, 11) is 0. The first-order valence-corrected chi connectivity index (χ1v) is 11.0. The van der Waals surface area contributed by atoms with Crippen LogP contribution in [0.1, 0.15) is 29.3 Å². The molecule has 0 aliphatic carbocycles. The second-order valence-corrected chi connectivity index (χ2v) is 8.36. The van der Waals surface area contributed by atoms with Gasteiger partial charge in [-0.15, -0.1) is 0 Å². The van der Waals surface area contributed by atoms with Gasteiger partial charge in [-0.1, -0.05) is 41.7 Å². The lowest BCUT2D eigenvalue weighted by molar-refractivity contribution is -0.295. The molecule has 3 aromatic rings. The Morgan fingerprint density at radius 2 is 1.66 bits per heavy atom. The van der Waals surface area contributed by atoms with Gasteiger partial charge < -0.3 is 15.4 Å². The van der Waals surface area contributed by atoms with E-state index in [-0.39, 0.29) is 28.8 Å². The van der Waals surface area contributed by atoms with Gasteiger partial charge in [-0.3, -0.25) is 4.79 Å². The number of amides is 1. The highest BCUT2D eigenvalue weighted by Crippen LogP contribution is 2.44. The number of benzene rings is 2. The van der Waals surface area contributed by atoms with Crippen molar-refractivity contribution in [3.05, 3.63) is 59.7 Å². The lowest BCUT2D eigenvalue weighted by Crippen LogP contribution is -2.72. The molecule has 0 radical (unpaired) electrons. The Labute approximate surface area is 199 Å². The highest BCUT2D eigenvalue weighted by molar-refractivity contribution is 7.22. The van der Waals surface area contributed by atoms with E-state index in [9.17, 15) is 35.9 Å². The molecule has 35 heavy (non-hydrogen) atoms. The fraction of sp³-hybridized carbons (Fsp3) is 0.318. The Bertz CT molecular complexity index is 1180. The van der Waals surface area contributed by atoms with Crippen LogP contribution < -0.4 is 10.6 Å². The molecule has 6 nitrogen and oxygen atoms in total. The van der Waals surface area contributed by atoms with Gasteiger partial charge in [0.05, 0.1) is 22.4 Å². The molecule has 0 atom stereocenters. The Hall–Kier alpha value is -3.35. The number of fused-ring (bicyclic) bond motifs is 1. The standard InChI is InChI=1S/C22H19F6N3O3S/c1-2-34-18(33)14-9-10-15-16(12-14)35-19(29-15)31-20(21(23,24)25,22(26,27)28)30-17(32)11-8-13-6-4-3-5-7-13/h3-7,9-10,12H,2,8,11H2,1H3,(H,29,31)(H,30,32). The maximum atomic E-state index is 13.9. The number of alkyl halides is 6. The molecule has 1 aromatic heterocycles. The van der Waals surface area contributed by atoms with E-state index < -0.39 is 41.4 Å². The SMILES string of the molecule is CCOC(=O)c1ccc2nc(NC(NC(=O)CCc3ccccc3)(C(F)(F)F)C(F)(F)F)sc2c1. The van der Waals surface area contributed by atoms with Gasteiger partial charge in [0, 0.05) is 6.42 Å². The first-order chi connectivity index (χ1) is 16.4. The second-order valence-electron chi connectivity index (χ2n) is 7.33. The maximum Gasteiger partial charge on any atom is 0.439 e. The van der Waals surface area contributed by atoms with Crippen LogP contribution in [0.2, 0.25) is 0 Å². The summed E-state index contributed by atoms with van der Waals surface area (Å²) in [5.74, 6) is -2.16. The molecule has 0 fully saturated rings. The van der Waals surface area contributed by atoms with Crippen LogP contribution in [0.5, 0.6) is 0 Å². The molecule has 0 saturated carbocycles. The minimum Gasteiger partial charge on any atom is -0.462 e. The molecule has 0 aliphatic heterocycles. The van der Waals surface area contributed by atoms with E-state index in [0.717, 1.165) is 5.32 Å². The van der Waals surface area contributed by atoms with E-state index in [0.29, 0.717) is 16.9 Å².